The summed E-state index contributed by atoms with van der Waals surface area (Å²) >= 11 is 0. The molecule has 0 rings (SSSR count). The molecule has 1 nitrogen and oxygen atoms in total. The molecule has 0 N–H and O–H groups in total. The monoisotopic (exact) mass is 136 g/mol. The maximum absolute atomic E-state index is 5.39. The van der Waals surface area contributed by atoms with Crippen molar-refractivity contribution in [2.45, 2.75) is 39.2 Å². The van der Waals surface area contributed by atoms with Crippen LogP contribution in [-0.2, 0) is 4.74 Å². The van der Waals surface area contributed by atoms with Gasteiger partial charge in [-0.2, -0.15) is 6.42 Å². The third-order valence-electron chi connectivity index (χ3n) is 1.37. The number of rotatable bonds is 5. The maximum Gasteiger partial charge on any atom is 1.00 e. The average molecular weight is 136 g/mol. The zero-order valence-corrected chi connectivity index (χ0v) is 7.52. The van der Waals surface area contributed by atoms with Crippen LogP contribution in [0.3, 0.4) is 0 Å². The van der Waals surface area contributed by atoms with E-state index in [0.717, 1.165) is 25.9 Å². The fraction of sp³-hybridized carbons (Fsp3) is 0.875. The van der Waals surface area contributed by atoms with E-state index >= 15 is 0 Å². The Morgan fingerprint density at radius 1 is 1.50 bits per heavy atom. The first-order chi connectivity index (χ1) is 4.31. The van der Waals surface area contributed by atoms with E-state index in [1.165, 1.54) is 0 Å². The molecule has 10 heavy (non-hydrogen) atoms. The van der Waals surface area contributed by atoms with E-state index in [2.05, 4.69) is 20.8 Å². The molecule has 0 radical (unpaired) electrons. The largest absolute Gasteiger partial charge is 1.00 e. The van der Waals surface area contributed by atoms with E-state index < -0.39 is 0 Å². The number of unbranched alkanes of at least 4 members (excludes halogenated alkanes) is 1. The topological polar surface area (TPSA) is 9.23 Å². The molecule has 0 heterocycles. The molecule has 0 aromatic carbocycles. The van der Waals surface area contributed by atoms with Crippen LogP contribution in [0.1, 0.15) is 33.1 Å². The molecule has 1 atom stereocenters. The van der Waals surface area contributed by atoms with Crippen LogP contribution in [0.25, 0.3) is 0 Å². The predicted molar refractivity (Wildman–Crippen MR) is 40.3 cm³/mol. The van der Waals surface area contributed by atoms with Crippen LogP contribution in [0, 0.1) is 6.92 Å². The van der Waals surface area contributed by atoms with Crippen LogP contribution < -0.4 is 18.9 Å². The molecule has 0 aromatic rings. The Morgan fingerprint density at radius 2 is 2.10 bits per heavy atom. The van der Waals surface area contributed by atoms with E-state index in [4.69, 9.17) is 4.74 Å². The van der Waals surface area contributed by atoms with Gasteiger partial charge in [0.15, 0.2) is 0 Å². The van der Waals surface area contributed by atoms with E-state index in [1.807, 2.05) is 0 Å². The molecule has 0 fully saturated rings. The molecule has 0 saturated heterocycles. The average Bonchev–Trinajstić information content (AvgIpc) is 1.89. The maximum atomic E-state index is 5.39. The van der Waals surface area contributed by atoms with Crippen LogP contribution in [0.4, 0.5) is 0 Å². The fourth-order valence-electron chi connectivity index (χ4n) is 0.504. The van der Waals surface area contributed by atoms with E-state index in [0.29, 0.717) is 6.10 Å². The first-order valence-corrected chi connectivity index (χ1v) is 3.72. The summed E-state index contributed by atoms with van der Waals surface area (Å²) in [5, 5.41) is 0. The second-order valence-corrected chi connectivity index (χ2v) is 2.30. The first-order valence-electron chi connectivity index (χ1n) is 3.72. The Labute approximate surface area is 76.7 Å². The molecule has 56 valence electrons. The quantitative estimate of drug-likeness (QED) is 0.279. The molecule has 0 aliphatic heterocycles. The Morgan fingerprint density at radius 3 is 2.50 bits per heavy atom. The molecule has 0 aliphatic rings. The van der Waals surface area contributed by atoms with Gasteiger partial charge >= 0.3 is 18.9 Å². The molecule has 0 saturated carbocycles. The Kier molecular flexibility index (Phi) is 12.6. The van der Waals surface area contributed by atoms with Crippen LogP contribution in [0.5, 0.6) is 0 Å². The number of hydrogen-bond acceptors (Lipinski definition) is 1. The molecule has 0 spiro atoms. The van der Waals surface area contributed by atoms with Gasteiger partial charge in [-0.15, -0.1) is 0 Å². The van der Waals surface area contributed by atoms with Crippen molar-refractivity contribution in [3.63, 3.8) is 0 Å². The molecule has 0 bridgehead atoms. The normalized spacial score (nSPS) is 12.3. The minimum atomic E-state index is 0. The van der Waals surface area contributed by atoms with Gasteiger partial charge in [-0.25, -0.2) is 0 Å². The molecule has 0 aromatic heterocycles. The summed E-state index contributed by atoms with van der Waals surface area (Å²) in [5.74, 6) is 0. The van der Waals surface area contributed by atoms with Gasteiger partial charge in [0.05, 0.1) is 6.10 Å². The second kappa shape index (κ2) is 9.56. The van der Waals surface area contributed by atoms with Crippen molar-refractivity contribution in [2.24, 2.45) is 0 Å². The summed E-state index contributed by atoms with van der Waals surface area (Å²) in [6.45, 7) is 8.84. The van der Waals surface area contributed by atoms with E-state index in [9.17, 15) is 0 Å². The predicted octanol–water partition coefficient (Wildman–Crippen LogP) is -0.580. The summed E-state index contributed by atoms with van der Waals surface area (Å²) in [7, 11) is 0. The van der Waals surface area contributed by atoms with Crippen molar-refractivity contribution < 1.29 is 23.6 Å². The van der Waals surface area contributed by atoms with Crippen LogP contribution in [-0.4, -0.2) is 12.7 Å². The molecule has 0 aliphatic carbocycles. The molecule has 2 heteroatoms. The molecular weight excluding hydrogens is 119 g/mol. The van der Waals surface area contributed by atoms with Crippen LogP contribution >= 0.6 is 0 Å². The summed E-state index contributed by atoms with van der Waals surface area (Å²) in [6.07, 6.45) is 3.61. The third-order valence-corrected chi connectivity index (χ3v) is 1.37. The van der Waals surface area contributed by atoms with Crippen molar-refractivity contribution in [2.75, 3.05) is 6.61 Å². The smallest absolute Gasteiger partial charge is 0.379 e. The molecule has 0 amide bonds. The molecule has 1 unspecified atom stereocenters. The second-order valence-electron chi connectivity index (χ2n) is 2.30. The van der Waals surface area contributed by atoms with Gasteiger partial charge in [0.2, 0.25) is 0 Å². The summed E-state index contributed by atoms with van der Waals surface area (Å²) < 4.78 is 5.39. The van der Waals surface area contributed by atoms with Gasteiger partial charge in [-0.05, 0) is 13.3 Å². The zero-order valence-electron chi connectivity index (χ0n) is 7.52. The SMILES string of the molecule is [CH2-]CCCOC(C)CC.[Li+]. The zero-order chi connectivity index (χ0) is 7.11. The third kappa shape index (κ3) is 8.56. The Bertz CT molecular complexity index is 57.2. The van der Waals surface area contributed by atoms with Gasteiger partial charge in [0, 0.05) is 6.61 Å². The number of ether oxygens (including phenoxy) is 1. The minimum Gasteiger partial charge on any atom is -0.379 e. The van der Waals surface area contributed by atoms with Crippen LogP contribution in [0.2, 0.25) is 0 Å². The fourth-order valence-corrected chi connectivity index (χ4v) is 0.504. The first kappa shape index (κ1) is 13.2. The van der Waals surface area contributed by atoms with Crippen LogP contribution in [0.15, 0.2) is 0 Å². The number of hydrogen-bond donors (Lipinski definition) is 0. The van der Waals surface area contributed by atoms with E-state index in [1.54, 1.807) is 0 Å². The van der Waals surface area contributed by atoms with Gasteiger partial charge in [0.1, 0.15) is 0 Å². The van der Waals surface area contributed by atoms with Crippen molar-refractivity contribution in [1.29, 1.82) is 0 Å². The van der Waals surface area contributed by atoms with Crippen molar-refractivity contribution in [1.82, 2.24) is 0 Å². The van der Waals surface area contributed by atoms with Gasteiger partial charge in [0.25, 0.3) is 0 Å². The van der Waals surface area contributed by atoms with Gasteiger partial charge in [-0.3, -0.25) is 0 Å². The standard InChI is InChI=1S/C8H17O.Li/c1-4-6-7-9-8(3)5-2;/h8H,1,4-7H2,2-3H3;/q-1;+1. The van der Waals surface area contributed by atoms with Crippen molar-refractivity contribution >= 4 is 0 Å². The molecular formula is C8H17LiO. The van der Waals surface area contributed by atoms with Gasteiger partial charge < -0.3 is 11.7 Å². The van der Waals surface area contributed by atoms with Gasteiger partial charge in [-0.1, -0.05) is 13.3 Å². The summed E-state index contributed by atoms with van der Waals surface area (Å²) in [5.41, 5.74) is 0. The Hall–Kier alpha value is 0.557. The van der Waals surface area contributed by atoms with E-state index in [-0.39, 0.29) is 18.9 Å². The summed E-state index contributed by atoms with van der Waals surface area (Å²) in [6, 6.07) is 0. The summed E-state index contributed by atoms with van der Waals surface area (Å²) in [4.78, 5) is 0. The minimum absolute atomic E-state index is 0. The Balaban J connectivity index is 0. The van der Waals surface area contributed by atoms with Crippen molar-refractivity contribution in [3.05, 3.63) is 6.92 Å². The van der Waals surface area contributed by atoms with Crippen molar-refractivity contribution in [3.8, 4) is 0 Å².